The van der Waals surface area contributed by atoms with Crippen molar-refractivity contribution in [3.8, 4) is 0 Å². The third kappa shape index (κ3) is 3.37. The smallest absolute Gasteiger partial charge is 0.287 e. The Bertz CT molecular complexity index is 1090. The van der Waals surface area contributed by atoms with Crippen LogP contribution in [0.15, 0.2) is 40.3 Å². The molecular weight excluding hydrogens is 390 g/mol. The molecule has 0 unspecified atom stereocenters. The number of hydrogen-bond acceptors (Lipinski definition) is 7. The predicted molar refractivity (Wildman–Crippen MR) is 102 cm³/mol. The molecule has 1 aliphatic carbocycles. The topological polar surface area (TPSA) is 105 Å². The fourth-order valence-corrected chi connectivity index (χ4v) is 3.83. The number of hydrogen-bond donors (Lipinski definition) is 3. The molecule has 1 aliphatic rings. The van der Waals surface area contributed by atoms with Crippen LogP contribution in [0.1, 0.15) is 25.3 Å². The van der Waals surface area contributed by atoms with Gasteiger partial charge in [0.15, 0.2) is 0 Å². The lowest BCUT2D eigenvalue weighted by molar-refractivity contribution is -0.194. The summed E-state index contributed by atoms with van der Waals surface area (Å²) in [4.78, 5) is 18.0. The molecule has 0 atom stereocenters. The van der Waals surface area contributed by atoms with E-state index in [-0.39, 0.29) is 21.8 Å². The molecule has 2 aromatic heterocycles. The van der Waals surface area contributed by atoms with E-state index in [2.05, 4.69) is 21.7 Å². The summed E-state index contributed by atoms with van der Waals surface area (Å²) in [5.74, 6) is -2.67. The molecule has 10 heteroatoms. The van der Waals surface area contributed by atoms with Crippen molar-refractivity contribution >= 4 is 34.5 Å². The first-order valence-electron chi connectivity index (χ1n) is 8.30. The lowest BCUT2D eigenvalue weighted by Crippen LogP contribution is -2.42. The van der Waals surface area contributed by atoms with Gasteiger partial charge in [-0.2, -0.15) is 5.10 Å². The third-order valence-electron chi connectivity index (χ3n) is 4.62. The zero-order valence-electron chi connectivity index (χ0n) is 14.7. The first kappa shape index (κ1) is 18.5. The average Bonchev–Trinajstić information content (AvgIpc) is 3.17. The fraction of sp³-hybridized carbons (Fsp3) is 0.353. The Morgan fingerprint density at radius 2 is 2.11 bits per heavy atom. The molecule has 3 aromatic rings. The van der Waals surface area contributed by atoms with E-state index >= 15 is 0 Å². The van der Waals surface area contributed by atoms with Gasteiger partial charge in [-0.05, 0) is 61.5 Å². The lowest BCUT2D eigenvalue weighted by atomic mass is 10.2. The van der Waals surface area contributed by atoms with Gasteiger partial charge < -0.3 is 10.2 Å². The van der Waals surface area contributed by atoms with Crippen LogP contribution in [0.2, 0.25) is 5.28 Å². The monoisotopic (exact) mass is 407 g/mol. The minimum atomic E-state index is -2.67. The molecule has 27 heavy (non-hydrogen) atoms. The minimum Gasteiger partial charge on any atom is -0.344 e. The van der Waals surface area contributed by atoms with Gasteiger partial charge in [0.2, 0.25) is 5.28 Å². The summed E-state index contributed by atoms with van der Waals surface area (Å²) in [6.07, 6.45) is 4.86. The van der Waals surface area contributed by atoms with Gasteiger partial charge in [0.25, 0.3) is 11.5 Å². The quantitative estimate of drug-likeness (QED) is 0.335. The van der Waals surface area contributed by atoms with Crippen LogP contribution in [0.25, 0.3) is 10.9 Å². The number of rotatable bonds is 5. The highest BCUT2D eigenvalue weighted by Gasteiger charge is 2.37. The maximum absolute atomic E-state index is 13.0. The number of aromatic nitrogens is 4. The van der Waals surface area contributed by atoms with Crippen molar-refractivity contribution in [2.45, 2.75) is 36.1 Å². The van der Waals surface area contributed by atoms with Crippen LogP contribution in [0.5, 0.6) is 0 Å². The van der Waals surface area contributed by atoms with Crippen LogP contribution in [-0.2, 0) is 13.0 Å². The number of nitrogens with one attached hydrogen (secondary N) is 1. The molecule has 0 radical (unpaired) electrons. The molecule has 0 spiro atoms. The van der Waals surface area contributed by atoms with Crippen LogP contribution in [-0.4, -0.2) is 35.1 Å². The molecule has 0 saturated heterocycles. The summed E-state index contributed by atoms with van der Waals surface area (Å²) in [5.41, 5.74) is -0.142. The number of halogens is 1. The van der Waals surface area contributed by atoms with Gasteiger partial charge in [-0.25, -0.2) is 9.55 Å². The zero-order valence-corrected chi connectivity index (χ0v) is 16.3. The van der Waals surface area contributed by atoms with Crippen LogP contribution >= 0.6 is 23.5 Å². The normalized spacial score (nSPS) is 16.0. The highest BCUT2D eigenvalue weighted by atomic mass is 35.5. The van der Waals surface area contributed by atoms with E-state index in [0.717, 1.165) is 17.7 Å². The van der Waals surface area contributed by atoms with E-state index in [1.165, 1.54) is 29.0 Å². The maximum Gasteiger partial charge on any atom is 0.287 e. The Morgan fingerprint density at radius 1 is 1.37 bits per heavy atom. The number of benzene rings is 1. The van der Waals surface area contributed by atoms with E-state index in [0.29, 0.717) is 10.1 Å². The van der Waals surface area contributed by atoms with E-state index < -0.39 is 11.5 Å². The first-order valence-corrected chi connectivity index (χ1v) is 9.50. The van der Waals surface area contributed by atoms with Crippen molar-refractivity contribution in [2.75, 3.05) is 0 Å². The zero-order chi connectivity index (χ0) is 19.4. The van der Waals surface area contributed by atoms with E-state index in [9.17, 15) is 15.0 Å². The van der Waals surface area contributed by atoms with Crippen LogP contribution < -0.4 is 10.3 Å². The second-order valence-corrected chi connectivity index (χ2v) is 8.22. The van der Waals surface area contributed by atoms with Crippen LogP contribution in [0, 0.1) is 0 Å². The Balaban J connectivity index is 1.79. The molecule has 0 bridgehead atoms. The molecule has 3 N–H and O–H groups in total. The van der Waals surface area contributed by atoms with E-state index in [4.69, 9.17) is 11.6 Å². The number of aliphatic hydroxyl groups is 2. The second kappa shape index (κ2) is 6.32. The van der Waals surface area contributed by atoms with Crippen molar-refractivity contribution in [1.29, 1.82) is 0 Å². The van der Waals surface area contributed by atoms with Gasteiger partial charge in [0, 0.05) is 23.7 Å². The van der Waals surface area contributed by atoms with Crippen molar-refractivity contribution in [2.24, 2.45) is 7.05 Å². The molecule has 0 amide bonds. The summed E-state index contributed by atoms with van der Waals surface area (Å²) in [6.45, 7) is 2.13. The minimum absolute atomic E-state index is 0.00371. The number of aryl methyl sites for hydroxylation is 1. The van der Waals surface area contributed by atoms with E-state index in [1.54, 1.807) is 19.2 Å². The SMILES string of the molecule is Cn1cc(C(O)(O)n2c(Cl)nc3ccc(SNC4(C)CC4)cc3c2=O)cn1. The van der Waals surface area contributed by atoms with Crippen LogP contribution in [0.4, 0.5) is 0 Å². The molecule has 1 aromatic carbocycles. The predicted octanol–water partition coefficient (Wildman–Crippen LogP) is 1.58. The summed E-state index contributed by atoms with van der Waals surface area (Å²) in [7, 11) is 1.62. The maximum atomic E-state index is 13.0. The van der Waals surface area contributed by atoms with Gasteiger partial charge >= 0.3 is 0 Å². The summed E-state index contributed by atoms with van der Waals surface area (Å²) in [5, 5.41) is 25.0. The first-order chi connectivity index (χ1) is 12.7. The lowest BCUT2D eigenvalue weighted by Gasteiger charge is -2.24. The largest absolute Gasteiger partial charge is 0.344 e. The van der Waals surface area contributed by atoms with Crippen molar-refractivity contribution in [3.05, 3.63) is 51.8 Å². The molecule has 4 rings (SSSR count). The van der Waals surface area contributed by atoms with Gasteiger partial charge in [-0.3, -0.25) is 14.2 Å². The standard InChI is InChI=1S/C17H18ClN5O3S/c1-16(5-6-16)21-27-11-3-4-13-12(7-11)14(24)23(15(18)20-13)17(25,26)10-8-19-22(2)9-10/h3-4,7-9,21,25-26H,5-6H2,1-2H3. The second-order valence-electron chi connectivity index (χ2n) is 7.00. The Kier molecular flexibility index (Phi) is 4.32. The molecular formula is C17H18ClN5O3S. The molecule has 1 saturated carbocycles. The van der Waals surface area contributed by atoms with Gasteiger partial charge in [-0.15, -0.1) is 0 Å². The van der Waals surface area contributed by atoms with Crippen molar-refractivity contribution < 1.29 is 10.2 Å². The highest BCUT2D eigenvalue weighted by molar-refractivity contribution is 7.97. The van der Waals surface area contributed by atoms with Gasteiger partial charge in [0.1, 0.15) is 0 Å². The summed E-state index contributed by atoms with van der Waals surface area (Å²) >= 11 is 7.54. The third-order valence-corrected chi connectivity index (χ3v) is 5.96. The molecule has 8 nitrogen and oxygen atoms in total. The Hall–Kier alpha value is -1.91. The Labute approximate surface area is 163 Å². The van der Waals surface area contributed by atoms with Crippen molar-refractivity contribution in [3.63, 3.8) is 0 Å². The number of nitrogens with zero attached hydrogens (tertiary/aromatic N) is 4. The van der Waals surface area contributed by atoms with Crippen molar-refractivity contribution in [1.82, 2.24) is 24.1 Å². The molecule has 2 heterocycles. The molecule has 1 fully saturated rings. The molecule has 0 aliphatic heterocycles. The molecule has 142 valence electrons. The number of fused-ring (bicyclic) bond motifs is 1. The average molecular weight is 408 g/mol. The Morgan fingerprint density at radius 3 is 2.74 bits per heavy atom. The van der Waals surface area contributed by atoms with E-state index in [1.807, 2.05) is 6.07 Å². The summed E-state index contributed by atoms with van der Waals surface area (Å²) in [6, 6.07) is 5.19. The van der Waals surface area contributed by atoms with Gasteiger partial charge in [-0.1, -0.05) is 0 Å². The van der Waals surface area contributed by atoms with Crippen LogP contribution in [0.3, 0.4) is 0 Å². The fourth-order valence-electron chi connectivity index (χ4n) is 2.67. The van der Waals surface area contributed by atoms with Gasteiger partial charge in [0.05, 0.1) is 22.7 Å². The highest BCUT2D eigenvalue weighted by Crippen LogP contribution is 2.37. The summed E-state index contributed by atoms with van der Waals surface area (Å²) < 4.78 is 5.41.